The monoisotopic (exact) mass is 341 g/mol. The Hall–Kier alpha value is -2.40. The summed E-state index contributed by atoms with van der Waals surface area (Å²) in [6.45, 7) is 0.834. The van der Waals surface area contributed by atoms with E-state index in [2.05, 4.69) is 5.32 Å². The second kappa shape index (κ2) is 8.12. The molecule has 0 spiro atoms. The Bertz CT molecular complexity index is 747. The van der Waals surface area contributed by atoms with E-state index < -0.39 is 11.9 Å². The van der Waals surface area contributed by atoms with Crippen LogP contribution in [0, 0.1) is 5.92 Å². The van der Waals surface area contributed by atoms with E-state index >= 15 is 0 Å². The fourth-order valence-corrected chi connectivity index (χ4v) is 3.30. The van der Waals surface area contributed by atoms with E-state index in [1.807, 2.05) is 42.5 Å². The first-order valence-electron chi connectivity index (χ1n) is 8.71. The van der Waals surface area contributed by atoms with Crippen molar-refractivity contribution in [2.24, 2.45) is 5.92 Å². The van der Waals surface area contributed by atoms with Crippen LogP contribution in [0.25, 0.3) is 10.8 Å². The molecule has 1 aliphatic rings. The summed E-state index contributed by atoms with van der Waals surface area (Å²) in [5.41, 5.74) is 0.985. The number of ether oxygens (including phenoxy) is 1. The number of carboxylic acids is 1. The first kappa shape index (κ1) is 17.4. The highest BCUT2D eigenvalue weighted by molar-refractivity contribution is 5.86. The van der Waals surface area contributed by atoms with Crippen molar-refractivity contribution in [3.8, 4) is 0 Å². The molecule has 1 saturated heterocycles. The van der Waals surface area contributed by atoms with E-state index in [9.17, 15) is 14.7 Å². The molecule has 1 heterocycles. The van der Waals surface area contributed by atoms with Crippen molar-refractivity contribution in [3.05, 3.63) is 48.0 Å². The fourth-order valence-electron chi connectivity index (χ4n) is 3.30. The molecule has 2 aromatic carbocycles. The minimum absolute atomic E-state index is 0.0265. The number of fused-ring (bicyclic) bond motifs is 1. The van der Waals surface area contributed by atoms with Gasteiger partial charge < -0.3 is 15.2 Å². The van der Waals surface area contributed by atoms with Crippen molar-refractivity contribution in [1.29, 1.82) is 0 Å². The molecule has 3 rings (SSSR count). The van der Waals surface area contributed by atoms with Gasteiger partial charge in [0.15, 0.2) is 0 Å². The number of rotatable bonds is 7. The molecule has 132 valence electrons. The third-order valence-electron chi connectivity index (χ3n) is 4.68. The second-order valence-electron chi connectivity index (χ2n) is 6.52. The van der Waals surface area contributed by atoms with E-state index in [1.54, 1.807) is 0 Å². The van der Waals surface area contributed by atoms with Crippen molar-refractivity contribution in [2.75, 3.05) is 13.2 Å². The summed E-state index contributed by atoms with van der Waals surface area (Å²) >= 11 is 0. The van der Waals surface area contributed by atoms with Crippen molar-refractivity contribution in [3.63, 3.8) is 0 Å². The van der Waals surface area contributed by atoms with E-state index in [4.69, 9.17) is 4.74 Å². The molecule has 2 aromatic rings. The number of amides is 1. The summed E-state index contributed by atoms with van der Waals surface area (Å²) in [5.74, 6) is -1.69. The van der Waals surface area contributed by atoms with Crippen LogP contribution in [0.5, 0.6) is 0 Å². The van der Waals surface area contributed by atoms with Gasteiger partial charge in [0.05, 0.1) is 18.4 Å². The summed E-state index contributed by atoms with van der Waals surface area (Å²) in [6.07, 6.45) is 2.54. The molecule has 1 fully saturated rings. The molecule has 2 unspecified atom stereocenters. The van der Waals surface area contributed by atoms with Gasteiger partial charge in [0.25, 0.3) is 0 Å². The van der Waals surface area contributed by atoms with E-state index in [1.165, 1.54) is 0 Å². The molecule has 2 atom stereocenters. The molecule has 0 saturated carbocycles. The quantitative estimate of drug-likeness (QED) is 0.812. The lowest BCUT2D eigenvalue weighted by Crippen LogP contribution is -2.35. The van der Waals surface area contributed by atoms with E-state index in [0.29, 0.717) is 19.4 Å². The molecule has 5 heteroatoms. The maximum Gasteiger partial charge on any atom is 0.308 e. The summed E-state index contributed by atoms with van der Waals surface area (Å²) in [6, 6.07) is 13.8. The lowest BCUT2D eigenvalue weighted by Gasteiger charge is -2.16. The highest BCUT2D eigenvalue weighted by Gasteiger charge is 2.22. The zero-order valence-electron chi connectivity index (χ0n) is 14.1. The zero-order valence-corrected chi connectivity index (χ0v) is 14.1. The highest BCUT2D eigenvalue weighted by atomic mass is 16.5. The van der Waals surface area contributed by atoms with Crippen LogP contribution in [-0.4, -0.2) is 36.2 Å². The largest absolute Gasteiger partial charge is 0.481 e. The van der Waals surface area contributed by atoms with Crippen LogP contribution >= 0.6 is 0 Å². The number of nitrogens with one attached hydrogen (secondary N) is 1. The number of carboxylic acid groups (broad SMARTS) is 1. The van der Waals surface area contributed by atoms with Gasteiger partial charge in [-0.05, 0) is 35.6 Å². The Balaban J connectivity index is 1.62. The van der Waals surface area contributed by atoms with Gasteiger partial charge in [0.2, 0.25) is 5.91 Å². The normalized spacial score (nSPS) is 18.2. The predicted octanol–water partition coefficient (Wildman–Crippen LogP) is 2.77. The Labute approximate surface area is 147 Å². The van der Waals surface area contributed by atoms with Gasteiger partial charge in [-0.1, -0.05) is 42.5 Å². The Kier molecular flexibility index (Phi) is 5.66. The van der Waals surface area contributed by atoms with Crippen molar-refractivity contribution in [2.45, 2.75) is 31.8 Å². The molecular formula is C20H23NO4. The first-order valence-corrected chi connectivity index (χ1v) is 8.71. The molecule has 0 aromatic heterocycles. The molecule has 1 aliphatic heterocycles. The predicted molar refractivity (Wildman–Crippen MR) is 95.4 cm³/mol. The number of hydrogen-bond donors (Lipinski definition) is 2. The van der Waals surface area contributed by atoms with Gasteiger partial charge in [-0.25, -0.2) is 0 Å². The molecule has 0 radical (unpaired) electrons. The Morgan fingerprint density at radius 3 is 2.76 bits per heavy atom. The molecule has 1 amide bonds. The first-order chi connectivity index (χ1) is 12.1. The van der Waals surface area contributed by atoms with Crippen molar-refractivity contribution < 1.29 is 19.4 Å². The van der Waals surface area contributed by atoms with Crippen LogP contribution in [0.2, 0.25) is 0 Å². The second-order valence-corrected chi connectivity index (χ2v) is 6.52. The smallest absolute Gasteiger partial charge is 0.308 e. The summed E-state index contributed by atoms with van der Waals surface area (Å²) in [4.78, 5) is 23.6. The minimum Gasteiger partial charge on any atom is -0.481 e. The van der Waals surface area contributed by atoms with E-state index in [0.717, 1.165) is 29.2 Å². The molecular weight excluding hydrogens is 318 g/mol. The van der Waals surface area contributed by atoms with Gasteiger partial charge in [-0.2, -0.15) is 0 Å². The maximum absolute atomic E-state index is 12.0. The van der Waals surface area contributed by atoms with Gasteiger partial charge in [0, 0.05) is 13.2 Å². The third-order valence-corrected chi connectivity index (χ3v) is 4.68. The van der Waals surface area contributed by atoms with Crippen LogP contribution in [0.3, 0.4) is 0 Å². The average molecular weight is 341 g/mol. The maximum atomic E-state index is 12.0. The lowest BCUT2D eigenvalue weighted by molar-refractivity contribution is -0.141. The molecule has 25 heavy (non-hydrogen) atoms. The lowest BCUT2D eigenvalue weighted by atomic mass is 9.94. The molecule has 0 bridgehead atoms. The molecule has 2 N–H and O–H groups in total. The average Bonchev–Trinajstić information content (AvgIpc) is 3.11. The molecule has 0 aliphatic carbocycles. The standard InChI is InChI=1S/C20H23NO4/c22-19(12-17-8-4-10-25-17)21-13-16(20(23)24)11-15-7-3-6-14-5-1-2-9-18(14)15/h1-3,5-7,9,16-17H,4,8,10-13H2,(H,21,22)(H,23,24). The number of hydrogen-bond acceptors (Lipinski definition) is 3. The van der Waals surface area contributed by atoms with Crippen molar-refractivity contribution >= 4 is 22.6 Å². The van der Waals surface area contributed by atoms with Crippen molar-refractivity contribution in [1.82, 2.24) is 5.32 Å². The van der Waals surface area contributed by atoms with E-state index in [-0.39, 0.29) is 18.6 Å². The number of carbonyl (C=O) groups excluding carboxylic acids is 1. The summed E-state index contributed by atoms with van der Waals surface area (Å²) < 4.78 is 5.44. The van der Waals surface area contributed by atoms with Crippen LogP contribution < -0.4 is 5.32 Å². The third kappa shape index (κ3) is 4.57. The topological polar surface area (TPSA) is 75.6 Å². The number of benzene rings is 2. The number of carbonyl (C=O) groups is 2. The molecule has 5 nitrogen and oxygen atoms in total. The van der Waals surface area contributed by atoms with Crippen LogP contribution in [-0.2, 0) is 20.7 Å². The Morgan fingerprint density at radius 2 is 2.00 bits per heavy atom. The van der Waals surface area contributed by atoms with Crippen LogP contribution in [0.1, 0.15) is 24.8 Å². The number of aliphatic carboxylic acids is 1. The Morgan fingerprint density at radius 1 is 1.20 bits per heavy atom. The van der Waals surface area contributed by atoms with Crippen LogP contribution in [0.4, 0.5) is 0 Å². The highest BCUT2D eigenvalue weighted by Crippen LogP contribution is 2.21. The zero-order chi connectivity index (χ0) is 17.6. The van der Waals surface area contributed by atoms with Gasteiger partial charge in [0.1, 0.15) is 0 Å². The summed E-state index contributed by atoms with van der Waals surface area (Å²) in [7, 11) is 0. The van der Waals surface area contributed by atoms with Gasteiger partial charge in [-0.3, -0.25) is 9.59 Å². The van der Waals surface area contributed by atoms with Gasteiger partial charge >= 0.3 is 5.97 Å². The fraction of sp³-hybridized carbons (Fsp3) is 0.400. The SMILES string of the molecule is O=C(CC1CCCO1)NCC(Cc1cccc2ccccc12)C(=O)O. The minimum atomic E-state index is -0.898. The van der Waals surface area contributed by atoms with Gasteiger partial charge in [-0.15, -0.1) is 0 Å². The van der Waals surface area contributed by atoms with Crippen LogP contribution in [0.15, 0.2) is 42.5 Å². The summed E-state index contributed by atoms with van der Waals surface area (Å²) in [5, 5.41) is 14.4.